The van der Waals surface area contributed by atoms with Crippen LogP contribution < -0.4 is 0 Å². The maximum absolute atomic E-state index is 12.8. The number of hydrogen-bond donors (Lipinski definition) is 1. The molecule has 0 atom stereocenters. The highest BCUT2D eigenvalue weighted by molar-refractivity contribution is 7.95. The van der Waals surface area contributed by atoms with Crippen LogP contribution >= 0.6 is 11.3 Å². The molecule has 1 N–H and O–H groups in total. The van der Waals surface area contributed by atoms with Crippen LogP contribution in [-0.4, -0.2) is 37.5 Å². The minimum atomic E-state index is -3.76. The molecule has 0 aliphatic rings. The Balaban J connectivity index is 1.62. The number of nitrogens with zero attached hydrogens (tertiary/aromatic N) is 3. The average molecular weight is 447 g/mol. The molecule has 0 fully saturated rings. The van der Waals surface area contributed by atoms with Gasteiger partial charge in [-0.3, -0.25) is 0 Å². The zero-order valence-electron chi connectivity index (χ0n) is 14.8. The molecule has 2 aromatic carbocycles. The number of thiophene rings is 1. The summed E-state index contributed by atoms with van der Waals surface area (Å²) in [6.07, 6.45) is 0. The Morgan fingerprint density at radius 1 is 0.862 bits per heavy atom. The van der Waals surface area contributed by atoms with Crippen LogP contribution in [0, 0.1) is 0 Å². The number of H-pyrrole nitrogens is 1. The topological polar surface area (TPSA) is 123 Å². The van der Waals surface area contributed by atoms with Crippen LogP contribution in [0.5, 0.6) is 0 Å². The molecular formula is C18H14N4O4S3. The van der Waals surface area contributed by atoms with E-state index in [2.05, 4.69) is 20.6 Å². The number of sulfone groups is 2. The highest BCUT2D eigenvalue weighted by Crippen LogP contribution is 2.32. The van der Waals surface area contributed by atoms with Crippen LogP contribution in [0.25, 0.3) is 11.4 Å². The largest absolute Gasteiger partial charge is 0.223 e. The van der Waals surface area contributed by atoms with Crippen LogP contribution in [0.3, 0.4) is 0 Å². The fourth-order valence-corrected chi connectivity index (χ4v) is 7.32. The smallest absolute Gasteiger partial charge is 0.215 e. The summed E-state index contributed by atoms with van der Waals surface area (Å²) >= 11 is 0.747. The predicted octanol–water partition coefficient (Wildman–Crippen LogP) is 2.73. The van der Waals surface area contributed by atoms with E-state index in [1.54, 1.807) is 42.5 Å². The molecule has 0 aliphatic heterocycles. The molecule has 0 amide bonds. The first kappa shape index (κ1) is 19.4. The Hall–Kier alpha value is -2.89. The fourth-order valence-electron chi connectivity index (χ4n) is 2.71. The van der Waals surface area contributed by atoms with E-state index in [-0.39, 0.29) is 19.1 Å². The van der Waals surface area contributed by atoms with Gasteiger partial charge < -0.3 is 0 Å². The zero-order chi connectivity index (χ0) is 20.5. The lowest BCUT2D eigenvalue weighted by molar-refractivity contribution is 0.596. The molecular weight excluding hydrogens is 432 g/mol. The summed E-state index contributed by atoms with van der Waals surface area (Å²) in [6, 6.07) is 17.4. The van der Waals surface area contributed by atoms with Crippen molar-refractivity contribution >= 4 is 31.0 Å². The molecule has 4 rings (SSSR count). The van der Waals surface area contributed by atoms with Gasteiger partial charge in [0.05, 0.1) is 10.6 Å². The maximum atomic E-state index is 12.8. The van der Waals surface area contributed by atoms with E-state index in [0.29, 0.717) is 17.0 Å². The first-order valence-electron chi connectivity index (χ1n) is 8.32. The summed E-state index contributed by atoms with van der Waals surface area (Å²) in [5.41, 5.74) is 1.16. The van der Waals surface area contributed by atoms with Crippen molar-refractivity contribution in [2.75, 3.05) is 0 Å². The molecule has 148 valence electrons. The highest BCUT2D eigenvalue weighted by atomic mass is 32.3. The Bertz CT molecular complexity index is 1350. The third kappa shape index (κ3) is 3.97. The lowest BCUT2D eigenvalue weighted by Crippen LogP contribution is -2.03. The van der Waals surface area contributed by atoms with Crippen molar-refractivity contribution in [1.29, 1.82) is 0 Å². The molecule has 2 heterocycles. The number of hydrogen-bond acceptors (Lipinski definition) is 8. The summed E-state index contributed by atoms with van der Waals surface area (Å²) in [4.78, 5) is 0.124. The summed E-state index contributed by atoms with van der Waals surface area (Å²) < 4.78 is 51.1. The van der Waals surface area contributed by atoms with Gasteiger partial charge in [0.1, 0.15) is 8.42 Å². The van der Waals surface area contributed by atoms with Crippen LogP contribution in [0.2, 0.25) is 0 Å². The van der Waals surface area contributed by atoms with Crippen molar-refractivity contribution < 1.29 is 16.8 Å². The molecule has 2 aromatic heterocycles. The van der Waals surface area contributed by atoms with Crippen LogP contribution in [-0.2, 0) is 25.4 Å². The standard InChI is InChI=1S/C18H14N4O4S3/c23-28(24,12-13-5-4-6-14(11-13)18-19-21-22-20-18)16-9-10-17(27-16)29(25,26)15-7-2-1-3-8-15/h1-11H,12H2,(H,19,20,21,22). The number of nitrogens with one attached hydrogen (secondary N) is 1. The quantitative estimate of drug-likeness (QED) is 0.483. The first-order valence-corrected chi connectivity index (χ1v) is 12.3. The van der Waals surface area contributed by atoms with Gasteiger partial charge in [0.2, 0.25) is 15.7 Å². The summed E-state index contributed by atoms with van der Waals surface area (Å²) in [7, 11) is -7.49. The minimum absolute atomic E-state index is 0.00281. The second kappa shape index (κ2) is 7.50. The lowest BCUT2D eigenvalue weighted by atomic mass is 10.1. The third-order valence-corrected chi connectivity index (χ3v) is 9.68. The maximum Gasteiger partial charge on any atom is 0.215 e. The number of aromatic amines is 1. The van der Waals surface area contributed by atoms with E-state index in [1.165, 1.54) is 24.3 Å². The van der Waals surface area contributed by atoms with Crippen LogP contribution in [0.1, 0.15) is 5.56 Å². The van der Waals surface area contributed by atoms with Crippen molar-refractivity contribution in [1.82, 2.24) is 20.6 Å². The van der Waals surface area contributed by atoms with Gasteiger partial charge >= 0.3 is 0 Å². The summed E-state index contributed by atoms with van der Waals surface area (Å²) in [6.45, 7) is 0. The Morgan fingerprint density at radius 2 is 1.62 bits per heavy atom. The number of aromatic nitrogens is 4. The Kier molecular flexibility index (Phi) is 5.03. The van der Waals surface area contributed by atoms with Gasteiger partial charge in [-0.2, -0.15) is 5.21 Å². The van der Waals surface area contributed by atoms with Gasteiger partial charge in [0.25, 0.3) is 0 Å². The Morgan fingerprint density at radius 3 is 2.34 bits per heavy atom. The molecule has 0 radical (unpaired) electrons. The predicted molar refractivity (Wildman–Crippen MR) is 107 cm³/mol. The van der Waals surface area contributed by atoms with Crippen molar-refractivity contribution in [2.24, 2.45) is 0 Å². The SMILES string of the molecule is O=S(=O)(Cc1cccc(-c2nn[nH]n2)c1)c1ccc(S(=O)(=O)c2ccccc2)s1. The summed E-state index contributed by atoms with van der Waals surface area (Å²) in [5.74, 6) is 0.0842. The van der Waals surface area contributed by atoms with E-state index in [0.717, 1.165) is 11.3 Å². The zero-order valence-corrected chi connectivity index (χ0v) is 17.2. The second-order valence-electron chi connectivity index (χ2n) is 6.08. The molecule has 0 bridgehead atoms. The molecule has 4 aromatic rings. The average Bonchev–Trinajstić information content (AvgIpc) is 3.41. The van der Waals surface area contributed by atoms with Gasteiger partial charge in [0.15, 0.2) is 9.84 Å². The third-order valence-electron chi connectivity index (χ3n) is 4.07. The van der Waals surface area contributed by atoms with E-state index in [1.807, 2.05) is 0 Å². The molecule has 11 heteroatoms. The monoisotopic (exact) mass is 446 g/mol. The number of benzene rings is 2. The van der Waals surface area contributed by atoms with Crippen LogP contribution in [0.4, 0.5) is 0 Å². The van der Waals surface area contributed by atoms with Gasteiger partial charge in [-0.15, -0.1) is 21.5 Å². The Labute approximate surface area is 171 Å². The van der Waals surface area contributed by atoms with Crippen molar-refractivity contribution in [2.45, 2.75) is 19.1 Å². The molecule has 0 aliphatic carbocycles. The number of tetrazole rings is 1. The van der Waals surface area contributed by atoms with Crippen molar-refractivity contribution in [3.05, 3.63) is 72.3 Å². The van der Waals surface area contributed by atoms with Crippen molar-refractivity contribution in [3.63, 3.8) is 0 Å². The fraction of sp³-hybridized carbons (Fsp3) is 0.0556. The normalized spacial score (nSPS) is 12.1. The van der Waals surface area contributed by atoms with Gasteiger partial charge in [-0.05, 0) is 41.1 Å². The van der Waals surface area contributed by atoms with Crippen molar-refractivity contribution in [3.8, 4) is 11.4 Å². The van der Waals surface area contributed by atoms with E-state index >= 15 is 0 Å². The first-order chi connectivity index (χ1) is 13.9. The van der Waals surface area contributed by atoms with Gasteiger partial charge in [-0.1, -0.05) is 36.4 Å². The molecule has 0 saturated heterocycles. The molecule has 0 saturated carbocycles. The molecule has 0 spiro atoms. The number of rotatable bonds is 6. The lowest BCUT2D eigenvalue weighted by Gasteiger charge is -2.04. The minimum Gasteiger partial charge on any atom is -0.223 e. The van der Waals surface area contributed by atoms with Gasteiger partial charge in [-0.25, -0.2) is 16.8 Å². The summed E-state index contributed by atoms with van der Waals surface area (Å²) in [5, 5.41) is 13.6. The second-order valence-corrected chi connectivity index (χ2v) is 11.6. The molecule has 8 nitrogen and oxygen atoms in total. The highest BCUT2D eigenvalue weighted by Gasteiger charge is 2.24. The van der Waals surface area contributed by atoms with E-state index in [9.17, 15) is 16.8 Å². The van der Waals surface area contributed by atoms with E-state index < -0.39 is 19.7 Å². The van der Waals surface area contributed by atoms with Crippen LogP contribution in [0.15, 0.2) is 80.0 Å². The van der Waals surface area contributed by atoms with Gasteiger partial charge in [0, 0.05) is 5.56 Å². The molecule has 29 heavy (non-hydrogen) atoms. The molecule has 0 unspecified atom stereocenters. The van der Waals surface area contributed by atoms with E-state index in [4.69, 9.17) is 0 Å².